The molecule has 8 heteroatoms. The molecule has 1 aliphatic heterocycles. The van der Waals surface area contributed by atoms with Crippen molar-refractivity contribution in [2.24, 2.45) is 4.99 Å². The fourth-order valence-corrected chi connectivity index (χ4v) is 3.75. The van der Waals surface area contributed by atoms with E-state index in [4.69, 9.17) is 28.8 Å². The highest BCUT2D eigenvalue weighted by atomic mass is 35.5. The Hall–Kier alpha value is -2.19. The zero-order valence-corrected chi connectivity index (χ0v) is 19.0. The largest absolute Gasteiger partial charge is 0.370 e. The molecule has 30 heavy (non-hydrogen) atoms. The number of aliphatic hydroxyl groups excluding tert-OH is 1. The summed E-state index contributed by atoms with van der Waals surface area (Å²) in [4.78, 5) is 8.79. The summed E-state index contributed by atoms with van der Waals surface area (Å²) in [7, 11) is 5.92. The Bertz CT molecular complexity index is 906. The lowest BCUT2D eigenvalue weighted by Crippen LogP contribution is -2.52. The Morgan fingerprint density at radius 2 is 1.97 bits per heavy atom. The van der Waals surface area contributed by atoms with Gasteiger partial charge in [0.1, 0.15) is 0 Å². The second kappa shape index (κ2) is 10.2. The van der Waals surface area contributed by atoms with Crippen molar-refractivity contribution >= 4 is 40.3 Å². The normalized spacial score (nSPS) is 18.5. The molecule has 2 aromatic rings. The summed E-state index contributed by atoms with van der Waals surface area (Å²) in [5.41, 5.74) is 3.41. The molecule has 0 spiro atoms. The maximum absolute atomic E-state index is 11.0. The molecule has 1 aliphatic rings. The second-order valence-electron chi connectivity index (χ2n) is 7.53. The number of thiocarbonyl (C=S) groups is 1. The fourth-order valence-electron chi connectivity index (χ4n) is 3.35. The lowest BCUT2D eigenvalue weighted by molar-refractivity contribution is 0.140. The third-order valence-corrected chi connectivity index (χ3v) is 5.43. The number of anilines is 1. The first-order valence-electron chi connectivity index (χ1n) is 9.90. The molecule has 0 aromatic heterocycles. The van der Waals surface area contributed by atoms with Crippen LogP contribution in [0.2, 0.25) is 5.02 Å². The van der Waals surface area contributed by atoms with Crippen molar-refractivity contribution in [1.29, 1.82) is 0 Å². The summed E-state index contributed by atoms with van der Waals surface area (Å²) in [6.45, 7) is 1.71. The number of likely N-dealkylation sites (N-methyl/N-ethyl adjacent to an activating group) is 1. The standard InChI is InChI=1S/C22H28ClN5OS/c1-27(2)13-7-12-24-22(30)26-20-21(29)28(3)18-11-10-16(23)14-17(18)19(25-20)15-8-5-4-6-9-15/h4-6,8-11,14,20-21,29H,7,12-13H2,1-3H3,(H2,24,26,30). The number of fused-ring (bicyclic) bond motifs is 1. The van der Waals surface area contributed by atoms with E-state index < -0.39 is 12.4 Å². The van der Waals surface area contributed by atoms with Crippen LogP contribution in [0.25, 0.3) is 0 Å². The maximum atomic E-state index is 11.0. The first kappa shape index (κ1) is 22.5. The summed E-state index contributed by atoms with van der Waals surface area (Å²) in [6, 6.07) is 15.5. The number of nitrogens with one attached hydrogen (secondary N) is 2. The van der Waals surface area contributed by atoms with E-state index in [-0.39, 0.29) is 0 Å². The fraction of sp³-hybridized carbons (Fsp3) is 0.364. The van der Waals surface area contributed by atoms with Crippen LogP contribution in [0.4, 0.5) is 5.69 Å². The summed E-state index contributed by atoms with van der Waals surface area (Å²) >= 11 is 11.8. The van der Waals surface area contributed by atoms with Crippen LogP contribution in [0.1, 0.15) is 17.5 Å². The van der Waals surface area contributed by atoms with Crippen molar-refractivity contribution in [2.75, 3.05) is 39.1 Å². The lowest BCUT2D eigenvalue weighted by atomic mass is 10.0. The van der Waals surface area contributed by atoms with Crippen LogP contribution in [0.3, 0.4) is 0 Å². The number of benzodiazepines with no additional fused rings is 1. The first-order chi connectivity index (χ1) is 14.4. The topological polar surface area (TPSA) is 63.1 Å². The Kier molecular flexibility index (Phi) is 7.66. The minimum atomic E-state index is -0.910. The van der Waals surface area contributed by atoms with Gasteiger partial charge in [-0.2, -0.15) is 0 Å². The molecule has 160 valence electrons. The molecule has 2 atom stereocenters. The quantitative estimate of drug-likeness (QED) is 0.469. The van der Waals surface area contributed by atoms with Crippen molar-refractivity contribution in [2.45, 2.75) is 18.8 Å². The van der Waals surface area contributed by atoms with E-state index in [0.717, 1.165) is 42.0 Å². The van der Waals surface area contributed by atoms with E-state index >= 15 is 0 Å². The minimum absolute atomic E-state index is 0.464. The molecular weight excluding hydrogens is 418 g/mol. The van der Waals surface area contributed by atoms with Crippen LogP contribution in [0.15, 0.2) is 53.5 Å². The third-order valence-electron chi connectivity index (χ3n) is 4.93. The molecule has 0 saturated heterocycles. The smallest absolute Gasteiger partial charge is 0.168 e. The van der Waals surface area contributed by atoms with Gasteiger partial charge >= 0.3 is 0 Å². The highest BCUT2D eigenvalue weighted by Gasteiger charge is 2.30. The number of aliphatic imine (C=N–C) groups is 1. The number of hydrogen-bond donors (Lipinski definition) is 3. The van der Waals surface area contributed by atoms with Gasteiger partial charge in [0, 0.05) is 35.4 Å². The Labute approximate surface area is 188 Å². The van der Waals surface area contributed by atoms with E-state index in [2.05, 4.69) is 15.5 Å². The molecular formula is C22H28ClN5OS. The zero-order valence-electron chi connectivity index (χ0n) is 17.5. The molecule has 2 aromatic carbocycles. The lowest BCUT2D eigenvalue weighted by Gasteiger charge is -2.29. The van der Waals surface area contributed by atoms with Crippen LogP contribution in [-0.4, -0.2) is 67.5 Å². The molecule has 0 radical (unpaired) electrons. The van der Waals surface area contributed by atoms with Crippen LogP contribution in [0, 0.1) is 0 Å². The Balaban J connectivity index is 1.89. The number of nitrogens with zero attached hydrogens (tertiary/aromatic N) is 3. The molecule has 2 unspecified atom stereocenters. The number of rotatable bonds is 6. The van der Waals surface area contributed by atoms with E-state index in [1.807, 2.05) is 69.7 Å². The Morgan fingerprint density at radius 3 is 2.67 bits per heavy atom. The second-order valence-corrected chi connectivity index (χ2v) is 8.38. The van der Waals surface area contributed by atoms with Crippen molar-refractivity contribution in [3.05, 3.63) is 64.7 Å². The van der Waals surface area contributed by atoms with Crippen molar-refractivity contribution in [3.63, 3.8) is 0 Å². The zero-order chi connectivity index (χ0) is 21.7. The number of hydrogen-bond acceptors (Lipinski definition) is 5. The molecule has 1 heterocycles. The van der Waals surface area contributed by atoms with Gasteiger partial charge in [0.05, 0.1) is 5.71 Å². The van der Waals surface area contributed by atoms with Gasteiger partial charge < -0.3 is 25.5 Å². The molecule has 0 aliphatic carbocycles. The maximum Gasteiger partial charge on any atom is 0.168 e. The first-order valence-corrected chi connectivity index (χ1v) is 10.7. The van der Waals surface area contributed by atoms with Gasteiger partial charge in [0.2, 0.25) is 0 Å². The average Bonchev–Trinajstić information content (AvgIpc) is 2.82. The molecule has 0 amide bonds. The van der Waals surface area contributed by atoms with Crippen LogP contribution >= 0.6 is 23.8 Å². The Morgan fingerprint density at radius 1 is 1.23 bits per heavy atom. The van der Waals surface area contributed by atoms with Crippen molar-refractivity contribution in [1.82, 2.24) is 15.5 Å². The van der Waals surface area contributed by atoms with Gasteiger partial charge in [0.25, 0.3) is 0 Å². The van der Waals surface area contributed by atoms with E-state index in [1.165, 1.54) is 0 Å². The molecule has 0 bridgehead atoms. The van der Waals surface area contributed by atoms with Gasteiger partial charge in [-0.3, -0.25) is 4.99 Å². The minimum Gasteiger partial charge on any atom is -0.370 e. The predicted molar refractivity (Wildman–Crippen MR) is 129 cm³/mol. The number of halogens is 1. The van der Waals surface area contributed by atoms with Crippen LogP contribution in [0.5, 0.6) is 0 Å². The third kappa shape index (κ3) is 5.49. The van der Waals surface area contributed by atoms with Crippen LogP contribution < -0.4 is 15.5 Å². The molecule has 3 N–H and O–H groups in total. The SMILES string of the molecule is CN(C)CCCNC(=S)NC1N=C(c2ccccc2)c2cc(Cl)ccc2N(C)C1O. The van der Waals surface area contributed by atoms with E-state index in [0.29, 0.717) is 10.1 Å². The monoisotopic (exact) mass is 445 g/mol. The highest BCUT2D eigenvalue weighted by molar-refractivity contribution is 7.80. The summed E-state index contributed by atoms with van der Waals surface area (Å²) in [6.07, 6.45) is -0.595. The van der Waals surface area contributed by atoms with Gasteiger partial charge in [-0.15, -0.1) is 0 Å². The number of benzene rings is 2. The summed E-state index contributed by atoms with van der Waals surface area (Å²) < 4.78 is 0. The van der Waals surface area contributed by atoms with Crippen molar-refractivity contribution < 1.29 is 5.11 Å². The average molecular weight is 446 g/mol. The van der Waals surface area contributed by atoms with E-state index in [9.17, 15) is 5.11 Å². The predicted octanol–water partition coefficient (Wildman–Crippen LogP) is 2.69. The van der Waals surface area contributed by atoms with Gasteiger partial charge in [-0.05, 0) is 57.5 Å². The summed E-state index contributed by atoms with van der Waals surface area (Å²) in [5.74, 6) is 0. The van der Waals surface area contributed by atoms with Crippen LogP contribution in [-0.2, 0) is 0 Å². The van der Waals surface area contributed by atoms with Gasteiger partial charge in [0.15, 0.2) is 17.5 Å². The summed E-state index contributed by atoms with van der Waals surface area (Å²) in [5, 5.41) is 18.5. The van der Waals surface area contributed by atoms with Gasteiger partial charge in [-0.25, -0.2) is 0 Å². The molecule has 3 rings (SSSR count). The molecule has 0 fully saturated rings. The van der Waals surface area contributed by atoms with Crippen molar-refractivity contribution in [3.8, 4) is 0 Å². The number of aliphatic hydroxyl groups is 1. The molecule has 6 nitrogen and oxygen atoms in total. The highest BCUT2D eigenvalue weighted by Crippen LogP contribution is 2.31. The molecule has 0 saturated carbocycles. The van der Waals surface area contributed by atoms with Gasteiger partial charge in [-0.1, -0.05) is 41.9 Å². The van der Waals surface area contributed by atoms with E-state index in [1.54, 1.807) is 4.90 Å².